The molecule has 6 heteroatoms. The van der Waals surface area contributed by atoms with Gasteiger partial charge in [-0.3, -0.25) is 9.59 Å². The van der Waals surface area contributed by atoms with E-state index < -0.39 is 23.3 Å². The molecule has 0 aliphatic carbocycles. The van der Waals surface area contributed by atoms with Gasteiger partial charge in [0.05, 0.1) is 6.07 Å². The molecule has 1 atom stereocenters. The number of H-pyrrole nitrogens is 1. The summed E-state index contributed by atoms with van der Waals surface area (Å²) in [6, 6.07) is 9.22. The molecule has 0 aliphatic rings. The Hall–Kier alpha value is -2.94. The fourth-order valence-corrected chi connectivity index (χ4v) is 1.85. The molecule has 0 saturated heterocycles. The Bertz CT molecular complexity index is 777. The Labute approximate surface area is 120 Å². The van der Waals surface area contributed by atoms with E-state index in [1.54, 1.807) is 25.1 Å². The fourth-order valence-electron chi connectivity index (χ4n) is 1.85. The summed E-state index contributed by atoms with van der Waals surface area (Å²) in [6.45, 7) is 1.68. The molecule has 1 aromatic heterocycles. The highest BCUT2D eigenvalue weighted by atomic mass is 19.1. The minimum Gasteiger partial charge on any atom is -0.332 e. The van der Waals surface area contributed by atoms with Gasteiger partial charge in [0, 0.05) is 11.3 Å². The summed E-state index contributed by atoms with van der Waals surface area (Å²) in [5, 5.41) is 11.4. The van der Waals surface area contributed by atoms with Gasteiger partial charge in [0.15, 0.2) is 0 Å². The van der Waals surface area contributed by atoms with E-state index in [2.05, 4.69) is 10.3 Å². The molecule has 0 aliphatic heterocycles. The van der Waals surface area contributed by atoms with Crippen molar-refractivity contribution in [3.63, 3.8) is 0 Å². The maximum absolute atomic E-state index is 13.6. The minimum absolute atomic E-state index is 0.0527. The molecule has 1 heterocycles. The second kappa shape index (κ2) is 6.01. The van der Waals surface area contributed by atoms with Gasteiger partial charge in [-0.05, 0) is 25.1 Å². The Morgan fingerprint density at radius 3 is 2.67 bits per heavy atom. The third-order valence-corrected chi connectivity index (χ3v) is 2.92. The lowest BCUT2D eigenvalue weighted by atomic mass is 10.1. The average Bonchev–Trinajstić information content (AvgIpc) is 2.45. The highest BCUT2D eigenvalue weighted by Crippen LogP contribution is 2.16. The molecule has 21 heavy (non-hydrogen) atoms. The second-order valence-electron chi connectivity index (χ2n) is 4.44. The number of rotatable bonds is 3. The fraction of sp³-hybridized carbons (Fsp3) is 0.133. The molecule has 0 saturated carbocycles. The Kier molecular flexibility index (Phi) is 4.14. The van der Waals surface area contributed by atoms with Crippen molar-refractivity contribution in [2.75, 3.05) is 0 Å². The van der Waals surface area contributed by atoms with Crippen molar-refractivity contribution in [2.45, 2.75) is 13.0 Å². The van der Waals surface area contributed by atoms with Gasteiger partial charge in [-0.25, -0.2) is 4.39 Å². The molecule has 0 bridgehead atoms. The topological polar surface area (TPSA) is 85.8 Å². The van der Waals surface area contributed by atoms with Gasteiger partial charge in [-0.2, -0.15) is 5.26 Å². The first-order chi connectivity index (χ1) is 10.0. The average molecular weight is 285 g/mol. The van der Waals surface area contributed by atoms with Crippen LogP contribution in [0.3, 0.4) is 0 Å². The third kappa shape index (κ3) is 3.15. The maximum Gasteiger partial charge on any atom is 0.260 e. The number of halogens is 1. The van der Waals surface area contributed by atoms with E-state index in [0.29, 0.717) is 5.69 Å². The van der Waals surface area contributed by atoms with Crippen LogP contribution in [0.1, 0.15) is 27.7 Å². The summed E-state index contributed by atoms with van der Waals surface area (Å²) in [4.78, 5) is 26.2. The lowest BCUT2D eigenvalue weighted by Gasteiger charge is -2.12. The van der Waals surface area contributed by atoms with E-state index >= 15 is 0 Å². The standard InChI is InChI=1S/C15H12FN3O2/c1-9-6-7-11(14(20)18-9)15(21)19-13(8-17)10-4-2-3-5-12(10)16/h2-7,13H,1H3,(H,18,20)(H,19,21)/t13-/m0/s1. The van der Waals surface area contributed by atoms with Gasteiger partial charge in [-0.15, -0.1) is 0 Å². The molecule has 2 aromatic rings. The van der Waals surface area contributed by atoms with E-state index in [1.807, 2.05) is 0 Å². The van der Waals surface area contributed by atoms with Crippen LogP contribution in [0, 0.1) is 24.1 Å². The molecule has 0 unspecified atom stereocenters. The van der Waals surface area contributed by atoms with E-state index in [9.17, 15) is 14.0 Å². The van der Waals surface area contributed by atoms with Crippen LogP contribution in [0.25, 0.3) is 0 Å². The second-order valence-corrected chi connectivity index (χ2v) is 4.44. The smallest absolute Gasteiger partial charge is 0.260 e. The van der Waals surface area contributed by atoms with Crippen molar-refractivity contribution in [1.82, 2.24) is 10.3 Å². The zero-order valence-electron chi connectivity index (χ0n) is 11.2. The summed E-state index contributed by atoms with van der Waals surface area (Å²) < 4.78 is 13.6. The molecule has 2 rings (SSSR count). The molecule has 1 aromatic carbocycles. The molecule has 0 spiro atoms. The van der Waals surface area contributed by atoms with Gasteiger partial charge in [0.2, 0.25) is 0 Å². The molecule has 5 nitrogen and oxygen atoms in total. The summed E-state index contributed by atoms with van der Waals surface area (Å²) in [6.07, 6.45) is 0. The number of carbonyl (C=O) groups excluding carboxylic acids is 1. The number of benzene rings is 1. The van der Waals surface area contributed by atoms with Crippen LogP contribution in [-0.2, 0) is 0 Å². The SMILES string of the molecule is Cc1ccc(C(=O)N[C@@H](C#N)c2ccccc2F)c(=O)[nH]1. The zero-order chi connectivity index (χ0) is 15.4. The van der Waals surface area contributed by atoms with Gasteiger partial charge < -0.3 is 10.3 Å². The van der Waals surface area contributed by atoms with Crippen molar-refractivity contribution in [2.24, 2.45) is 0 Å². The number of carbonyl (C=O) groups is 1. The van der Waals surface area contributed by atoms with Gasteiger partial charge in [0.1, 0.15) is 17.4 Å². The highest BCUT2D eigenvalue weighted by Gasteiger charge is 2.19. The molecule has 106 valence electrons. The first-order valence-corrected chi connectivity index (χ1v) is 6.17. The number of aromatic amines is 1. The van der Waals surface area contributed by atoms with Crippen LogP contribution in [-0.4, -0.2) is 10.9 Å². The van der Waals surface area contributed by atoms with Crippen LogP contribution in [0.2, 0.25) is 0 Å². The van der Waals surface area contributed by atoms with Crippen LogP contribution >= 0.6 is 0 Å². The van der Waals surface area contributed by atoms with Crippen LogP contribution in [0.15, 0.2) is 41.2 Å². The van der Waals surface area contributed by atoms with Gasteiger partial charge in [0.25, 0.3) is 11.5 Å². The summed E-state index contributed by atoms with van der Waals surface area (Å²) >= 11 is 0. The van der Waals surface area contributed by atoms with Crippen molar-refractivity contribution in [3.05, 3.63) is 69.4 Å². The van der Waals surface area contributed by atoms with Crippen LogP contribution in [0.5, 0.6) is 0 Å². The first kappa shape index (κ1) is 14.5. The summed E-state index contributed by atoms with van der Waals surface area (Å²) in [5.41, 5.74) is -0.0192. The summed E-state index contributed by atoms with van der Waals surface area (Å²) in [7, 11) is 0. The first-order valence-electron chi connectivity index (χ1n) is 6.17. The van der Waals surface area contributed by atoms with Gasteiger partial charge >= 0.3 is 0 Å². The van der Waals surface area contributed by atoms with Crippen molar-refractivity contribution >= 4 is 5.91 Å². The number of hydrogen-bond donors (Lipinski definition) is 2. The van der Waals surface area contributed by atoms with E-state index in [0.717, 1.165) is 0 Å². The molecule has 2 N–H and O–H groups in total. The predicted molar refractivity (Wildman–Crippen MR) is 74.0 cm³/mol. The van der Waals surface area contributed by atoms with Crippen LogP contribution in [0.4, 0.5) is 4.39 Å². The molecular formula is C15H12FN3O2. The Balaban J connectivity index is 2.27. The number of nitrogens with one attached hydrogen (secondary N) is 2. The molecule has 0 radical (unpaired) electrons. The lowest BCUT2D eigenvalue weighted by molar-refractivity contribution is 0.0943. The zero-order valence-corrected chi connectivity index (χ0v) is 11.2. The number of nitrogens with zero attached hydrogens (tertiary/aromatic N) is 1. The van der Waals surface area contributed by atoms with Crippen LogP contribution < -0.4 is 10.9 Å². The quantitative estimate of drug-likeness (QED) is 0.901. The largest absolute Gasteiger partial charge is 0.332 e. The highest BCUT2D eigenvalue weighted by molar-refractivity contribution is 5.94. The summed E-state index contributed by atoms with van der Waals surface area (Å²) in [5.74, 6) is -1.33. The molecule has 1 amide bonds. The number of aromatic nitrogens is 1. The monoisotopic (exact) mass is 285 g/mol. The lowest BCUT2D eigenvalue weighted by Crippen LogP contribution is -2.32. The predicted octanol–water partition coefficient (Wildman–Crippen LogP) is 1.82. The Morgan fingerprint density at radius 2 is 2.05 bits per heavy atom. The van der Waals surface area contributed by atoms with Crippen molar-refractivity contribution in [3.8, 4) is 6.07 Å². The number of nitriles is 1. The number of hydrogen-bond acceptors (Lipinski definition) is 3. The minimum atomic E-state index is -1.17. The number of aryl methyl sites for hydroxylation is 1. The molecule has 0 fully saturated rings. The number of amides is 1. The maximum atomic E-state index is 13.6. The van der Waals surface area contributed by atoms with Crippen molar-refractivity contribution < 1.29 is 9.18 Å². The van der Waals surface area contributed by atoms with Gasteiger partial charge in [-0.1, -0.05) is 18.2 Å². The normalized spacial score (nSPS) is 11.5. The van der Waals surface area contributed by atoms with Crippen molar-refractivity contribution in [1.29, 1.82) is 5.26 Å². The van der Waals surface area contributed by atoms with E-state index in [4.69, 9.17) is 5.26 Å². The number of pyridine rings is 1. The van der Waals surface area contributed by atoms with E-state index in [-0.39, 0.29) is 11.1 Å². The third-order valence-electron chi connectivity index (χ3n) is 2.92. The Morgan fingerprint density at radius 1 is 1.33 bits per heavy atom. The molecular weight excluding hydrogens is 273 g/mol. The van der Waals surface area contributed by atoms with E-state index in [1.165, 1.54) is 24.3 Å².